The molecule has 3 rings (SSSR count). The number of hydrogen-bond donors (Lipinski definition) is 0. The number of benzene rings is 1. The normalized spacial score (nSPS) is 15.1. The summed E-state index contributed by atoms with van der Waals surface area (Å²) in [6.45, 7) is 0. The van der Waals surface area contributed by atoms with Gasteiger partial charge in [-0.05, 0) is 49.0 Å². The second-order valence-electron chi connectivity index (χ2n) is 4.63. The topological polar surface area (TPSA) is 4.93 Å². The summed E-state index contributed by atoms with van der Waals surface area (Å²) in [6, 6.07) is 12.7. The fraction of sp³-hybridized carbons (Fsp3) is 0.250. The van der Waals surface area contributed by atoms with Crippen molar-refractivity contribution < 1.29 is 0 Å². The Bertz CT molecular complexity index is 520. The third-order valence-electron chi connectivity index (χ3n) is 3.46. The molecule has 1 heterocycles. The zero-order valence-electron chi connectivity index (χ0n) is 9.97. The fourth-order valence-corrected chi connectivity index (χ4v) is 2.52. The molecule has 0 radical (unpaired) electrons. The average molecular weight is 223 g/mol. The zero-order valence-corrected chi connectivity index (χ0v) is 9.97. The Hall–Kier alpha value is -1.76. The van der Waals surface area contributed by atoms with Gasteiger partial charge >= 0.3 is 0 Å². The number of aryl methyl sites for hydroxylation is 1. The first-order valence-corrected chi connectivity index (χ1v) is 6.35. The van der Waals surface area contributed by atoms with Gasteiger partial charge in [0.2, 0.25) is 0 Å². The lowest BCUT2D eigenvalue weighted by Crippen LogP contribution is -2.03. The number of nitrogens with zero attached hydrogens (tertiary/aromatic N) is 1. The van der Waals surface area contributed by atoms with Crippen LogP contribution in [0.4, 0.5) is 0 Å². The summed E-state index contributed by atoms with van der Waals surface area (Å²) in [5.74, 6) is 0. The molecule has 0 amide bonds. The van der Waals surface area contributed by atoms with Crippen LogP contribution >= 0.6 is 0 Å². The molecular formula is C16H17N. The minimum Gasteiger partial charge on any atom is -0.327 e. The lowest BCUT2D eigenvalue weighted by atomic mass is 9.98. The van der Waals surface area contributed by atoms with E-state index >= 15 is 0 Å². The van der Waals surface area contributed by atoms with Crippen LogP contribution in [0.2, 0.25) is 0 Å². The van der Waals surface area contributed by atoms with Crippen LogP contribution in [-0.2, 0) is 12.8 Å². The van der Waals surface area contributed by atoms with Gasteiger partial charge in [-0.3, -0.25) is 0 Å². The summed E-state index contributed by atoms with van der Waals surface area (Å²) >= 11 is 0. The molecule has 0 bridgehead atoms. The maximum absolute atomic E-state index is 2.28. The van der Waals surface area contributed by atoms with E-state index in [1.165, 1.54) is 42.5 Å². The lowest BCUT2D eigenvalue weighted by molar-refractivity contribution is 0.667. The molecule has 1 aliphatic carbocycles. The van der Waals surface area contributed by atoms with E-state index in [4.69, 9.17) is 0 Å². The summed E-state index contributed by atoms with van der Waals surface area (Å²) in [4.78, 5) is 0. The van der Waals surface area contributed by atoms with E-state index in [1.807, 2.05) is 0 Å². The van der Waals surface area contributed by atoms with Gasteiger partial charge in [0.15, 0.2) is 0 Å². The van der Waals surface area contributed by atoms with Gasteiger partial charge in [-0.1, -0.05) is 30.3 Å². The highest BCUT2D eigenvalue weighted by Crippen LogP contribution is 2.22. The van der Waals surface area contributed by atoms with E-state index in [9.17, 15) is 0 Å². The van der Waals surface area contributed by atoms with Crippen LogP contribution in [0, 0.1) is 0 Å². The van der Waals surface area contributed by atoms with Crippen LogP contribution in [0.5, 0.6) is 0 Å². The number of rotatable bonds is 2. The van der Waals surface area contributed by atoms with E-state index in [1.54, 1.807) is 0 Å². The Morgan fingerprint density at radius 2 is 1.76 bits per heavy atom. The third kappa shape index (κ3) is 2.19. The summed E-state index contributed by atoms with van der Waals surface area (Å²) < 4.78 is 2.28. The third-order valence-corrected chi connectivity index (χ3v) is 3.46. The maximum atomic E-state index is 2.28. The van der Waals surface area contributed by atoms with Gasteiger partial charge in [0.25, 0.3) is 0 Å². The van der Waals surface area contributed by atoms with Crippen molar-refractivity contribution in [2.24, 2.45) is 0 Å². The highest BCUT2D eigenvalue weighted by molar-refractivity contribution is 5.61. The fourth-order valence-electron chi connectivity index (χ4n) is 2.52. The van der Waals surface area contributed by atoms with Gasteiger partial charge in [-0.15, -0.1) is 0 Å². The van der Waals surface area contributed by atoms with E-state index in [2.05, 4.69) is 59.4 Å². The second kappa shape index (κ2) is 4.62. The maximum Gasteiger partial charge on any atom is 0.0252 e. The predicted molar refractivity (Wildman–Crippen MR) is 72.7 cm³/mol. The Morgan fingerprint density at radius 1 is 0.941 bits per heavy atom. The SMILES string of the molecule is C(=C\n1ccc2c1CCCC2)/c1ccccc1. The van der Waals surface area contributed by atoms with Gasteiger partial charge in [0, 0.05) is 18.1 Å². The van der Waals surface area contributed by atoms with Crippen molar-refractivity contribution in [2.45, 2.75) is 25.7 Å². The minimum atomic E-state index is 1.22. The number of fused-ring (bicyclic) bond motifs is 1. The highest BCUT2D eigenvalue weighted by Gasteiger charge is 2.11. The molecule has 0 saturated carbocycles. The first kappa shape index (κ1) is 10.4. The number of hydrogen-bond acceptors (Lipinski definition) is 0. The van der Waals surface area contributed by atoms with Crippen molar-refractivity contribution >= 4 is 12.3 Å². The monoisotopic (exact) mass is 223 g/mol. The van der Waals surface area contributed by atoms with Gasteiger partial charge in [-0.25, -0.2) is 0 Å². The smallest absolute Gasteiger partial charge is 0.0252 e. The Morgan fingerprint density at radius 3 is 2.65 bits per heavy atom. The highest BCUT2D eigenvalue weighted by atomic mass is 14.9. The molecule has 86 valence electrons. The molecule has 0 fully saturated rings. The molecule has 0 atom stereocenters. The quantitative estimate of drug-likeness (QED) is 0.725. The van der Waals surface area contributed by atoms with Crippen molar-refractivity contribution in [1.82, 2.24) is 4.57 Å². The van der Waals surface area contributed by atoms with Crippen molar-refractivity contribution in [3.63, 3.8) is 0 Å². The van der Waals surface area contributed by atoms with Crippen LogP contribution < -0.4 is 0 Å². The largest absolute Gasteiger partial charge is 0.327 e. The molecule has 0 N–H and O–H groups in total. The van der Waals surface area contributed by atoms with Crippen molar-refractivity contribution in [3.05, 3.63) is 59.4 Å². The zero-order chi connectivity index (χ0) is 11.5. The van der Waals surface area contributed by atoms with E-state index in [0.29, 0.717) is 0 Å². The molecule has 0 spiro atoms. The summed E-state index contributed by atoms with van der Waals surface area (Å²) in [7, 11) is 0. The first-order chi connectivity index (χ1) is 8.43. The van der Waals surface area contributed by atoms with Crippen LogP contribution in [0.15, 0.2) is 42.6 Å². The number of aromatic nitrogens is 1. The molecule has 1 heteroatoms. The molecule has 0 unspecified atom stereocenters. The average Bonchev–Trinajstić information content (AvgIpc) is 2.81. The molecule has 17 heavy (non-hydrogen) atoms. The molecule has 0 saturated heterocycles. The van der Waals surface area contributed by atoms with E-state index < -0.39 is 0 Å². The van der Waals surface area contributed by atoms with Gasteiger partial charge in [-0.2, -0.15) is 0 Å². The van der Waals surface area contributed by atoms with Crippen LogP contribution in [0.25, 0.3) is 12.3 Å². The molecule has 1 aromatic heterocycles. The molecular weight excluding hydrogens is 206 g/mol. The van der Waals surface area contributed by atoms with Crippen molar-refractivity contribution in [1.29, 1.82) is 0 Å². The Kier molecular flexibility index (Phi) is 2.83. The van der Waals surface area contributed by atoms with E-state index in [-0.39, 0.29) is 0 Å². The lowest BCUT2D eigenvalue weighted by Gasteiger charge is -2.13. The molecule has 1 aliphatic rings. The second-order valence-corrected chi connectivity index (χ2v) is 4.63. The minimum absolute atomic E-state index is 1.22. The molecule has 2 aromatic rings. The van der Waals surface area contributed by atoms with Crippen LogP contribution in [-0.4, -0.2) is 4.57 Å². The molecule has 1 nitrogen and oxygen atoms in total. The molecule has 1 aromatic carbocycles. The van der Waals surface area contributed by atoms with Gasteiger partial charge in [0.1, 0.15) is 0 Å². The van der Waals surface area contributed by atoms with Crippen LogP contribution in [0.1, 0.15) is 29.7 Å². The first-order valence-electron chi connectivity index (χ1n) is 6.35. The summed E-state index contributed by atoms with van der Waals surface area (Å²) in [5, 5.41) is 0. The van der Waals surface area contributed by atoms with Gasteiger partial charge < -0.3 is 4.57 Å². The van der Waals surface area contributed by atoms with E-state index in [0.717, 1.165) is 0 Å². The summed E-state index contributed by atoms with van der Waals surface area (Å²) in [5.41, 5.74) is 4.29. The standard InChI is InChI=1S/C16H17N/c1-2-6-14(7-3-1)10-12-17-13-11-15-8-4-5-9-16(15)17/h1-3,6-7,10-13H,4-5,8-9H2/b12-10+. The van der Waals surface area contributed by atoms with Crippen LogP contribution in [0.3, 0.4) is 0 Å². The van der Waals surface area contributed by atoms with Crippen molar-refractivity contribution in [3.8, 4) is 0 Å². The summed E-state index contributed by atoms with van der Waals surface area (Å²) in [6.07, 6.45) is 11.7. The predicted octanol–water partition coefficient (Wildman–Crippen LogP) is 3.99. The van der Waals surface area contributed by atoms with Gasteiger partial charge in [0.05, 0.1) is 0 Å². The Balaban J connectivity index is 1.86. The van der Waals surface area contributed by atoms with Crippen molar-refractivity contribution in [2.75, 3.05) is 0 Å². The Labute approximate surface area is 102 Å². The molecule has 0 aliphatic heterocycles.